The van der Waals surface area contributed by atoms with Crippen LogP contribution >= 0.6 is 0 Å². The average molecular weight is 504 g/mol. The van der Waals surface area contributed by atoms with Crippen molar-refractivity contribution in [3.8, 4) is 11.8 Å². The van der Waals surface area contributed by atoms with Crippen LogP contribution in [0.1, 0.15) is 49.0 Å². The van der Waals surface area contributed by atoms with Crippen LogP contribution < -0.4 is 20.7 Å². The second-order valence-electron chi connectivity index (χ2n) is 10.9. The monoisotopic (exact) mass is 503 g/mol. The van der Waals surface area contributed by atoms with Gasteiger partial charge >= 0.3 is 0 Å². The average Bonchev–Trinajstić information content (AvgIpc) is 3.51. The van der Waals surface area contributed by atoms with E-state index in [0.717, 1.165) is 30.2 Å². The fourth-order valence-electron chi connectivity index (χ4n) is 6.84. The van der Waals surface area contributed by atoms with Gasteiger partial charge in [-0.05, 0) is 55.7 Å². The summed E-state index contributed by atoms with van der Waals surface area (Å²) in [6.45, 7) is 0. The van der Waals surface area contributed by atoms with Gasteiger partial charge in [0.2, 0.25) is 17.7 Å². The van der Waals surface area contributed by atoms with Crippen molar-refractivity contribution in [3.05, 3.63) is 30.0 Å². The highest BCUT2D eigenvalue weighted by Crippen LogP contribution is 2.55. The van der Waals surface area contributed by atoms with Crippen LogP contribution in [0.2, 0.25) is 0 Å². The number of nitrogens with zero attached hydrogens (tertiary/aromatic N) is 1. The van der Waals surface area contributed by atoms with Crippen LogP contribution in [-0.4, -0.2) is 47.3 Å². The zero-order valence-corrected chi connectivity index (χ0v) is 20.5. The van der Waals surface area contributed by atoms with E-state index in [1.165, 1.54) is 0 Å². The summed E-state index contributed by atoms with van der Waals surface area (Å²) in [7, 11) is 1.56. The van der Waals surface area contributed by atoms with Gasteiger partial charge in [0, 0.05) is 16.8 Å². The Kier molecular flexibility index (Phi) is 5.48. The number of hydrogen-bond acceptors (Lipinski definition) is 6. The van der Waals surface area contributed by atoms with Crippen molar-refractivity contribution in [3.63, 3.8) is 0 Å². The van der Waals surface area contributed by atoms with Crippen LogP contribution in [0, 0.1) is 40.9 Å². The van der Waals surface area contributed by atoms with Crippen molar-refractivity contribution >= 4 is 34.5 Å². The number of carbonyl (C=O) groups is 4. The van der Waals surface area contributed by atoms with Gasteiger partial charge in [-0.3, -0.25) is 24.5 Å². The van der Waals surface area contributed by atoms with Crippen molar-refractivity contribution in [2.75, 3.05) is 7.11 Å². The van der Waals surface area contributed by atoms with Crippen LogP contribution in [0.5, 0.6) is 5.75 Å². The number of imide groups is 1. The summed E-state index contributed by atoms with van der Waals surface area (Å²) in [6.07, 6.45) is 4.12. The molecule has 4 amide bonds. The molecular weight excluding hydrogens is 474 g/mol. The molecule has 7 rings (SSSR count). The first-order valence-electron chi connectivity index (χ1n) is 12.9. The molecule has 0 radical (unpaired) electrons. The fraction of sp³-hybridized carbons (Fsp3) is 0.519. The van der Waals surface area contributed by atoms with Gasteiger partial charge in [0.15, 0.2) is 0 Å². The number of nitriles is 1. The second kappa shape index (κ2) is 8.61. The molecule has 1 saturated heterocycles. The van der Waals surface area contributed by atoms with Crippen LogP contribution in [0.4, 0.5) is 0 Å². The van der Waals surface area contributed by atoms with Gasteiger partial charge in [-0.25, -0.2) is 0 Å². The maximum absolute atomic E-state index is 13.6. The number of carbonyl (C=O) groups excluding carboxylic acids is 4. The molecule has 0 spiro atoms. The third-order valence-corrected chi connectivity index (χ3v) is 8.77. The minimum Gasteiger partial charge on any atom is -0.496 e. The Labute approximate surface area is 213 Å². The molecule has 4 N–H and O–H groups in total. The maximum atomic E-state index is 13.6. The molecular formula is C27H29N5O5. The number of rotatable bonds is 7. The van der Waals surface area contributed by atoms with E-state index in [-0.39, 0.29) is 17.7 Å². The lowest BCUT2D eigenvalue weighted by Crippen LogP contribution is -2.66. The van der Waals surface area contributed by atoms with Gasteiger partial charge in [0.05, 0.1) is 25.0 Å². The smallest absolute Gasteiger partial charge is 0.268 e. The number of nitrogens with one attached hydrogen (secondary N) is 4. The van der Waals surface area contributed by atoms with E-state index >= 15 is 0 Å². The highest BCUT2D eigenvalue weighted by atomic mass is 16.5. The molecule has 5 fully saturated rings. The van der Waals surface area contributed by atoms with Crippen LogP contribution in [0.15, 0.2) is 24.3 Å². The number of amides is 4. The lowest BCUT2D eigenvalue weighted by atomic mass is 9.52. The SMILES string of the molecule is COc1cccc2[nH]c(C(=O)N[C@@H](CC3CC3)C(=O)N[C@@]3(C#N)C[C@H]4CC[C@H]3[C@H]3C(=O)NC(=O)[C@@H]43)cc12. The number of ether oxygens (including phenoxy) is 1. The summed E-state index contributed by atoms with van der Waals surface area (Å²) in [5.74, 6) is -2.10. The lowest BCUT2D eigenvalue weighted by molar-refractivity contribution is -0.137. The zero-order valence-electron chi connectivity index (χ0n) is 20.5. The Morgan fingerprint density at radius 1 is 1.19 bits per heavy atom. The minimum atomic E-state index is -1.25. The molecule has 0 unspecified atom stereocenters. The normalized spacial score (nSPS) is 30.8. The van der Waals surface area contributed by atoms with Gasteiger partial charge in [-0.2, -0.15) is 5.26 Å². The van der Waals surface area contributed by atoms with E-state index in [1.807, 2.05) is 18.2 Å². The molecule has 192 valence electrons. The second-order valence-corrected chi connectivity index (χ2v) is 10.9. The predicted octanol–water partition coefficient (Wildman–Crippen LogP) is 1.77. The quantitative estimate of drug-likeness (QED) is 0.423. The number of aromatic amines is 1. The van der Waals surface area contributed by atoms with E-state index in [4.69, 9.17) is 4.74 Å². The zero-order chi connectivity index (χ0) is 25.9. The van der Waals surface area contributed by atoms with E-state index in [9.17, 15) is 24.4 Å². The first-order chi connectivity index (χ1) is 17.8. The Morgan fingerprint density at radius 3 is 2.70 bits per heavy atom. The van der Waals surface area contributed by atoms with Crippen molar-refractivity contribution in [2.24, 2.45) is 29.6 Å². The summed E-state index contributed by atoms with van der Waals surface area (Å²) in [5, 5.41) is 19.3. The first kappa shape index (κ1) is 23.5. The van der Waals surface area contributed by atoms with Gasteiger partial charge in [-0.15, -0.1) is 0 Å². The van der Waals surface area contributed by atoms with Gasteiger partial charge in [-0.1, -0.05) is 18.9 Å². The Balaban J connectivity index is 1.23. The van der Waals surface area contributed by atoms with Crippen LogP contribution in [-0.2, 0) is 14.4 Å². The third kappa shape index (κ3) is 3.84. The summed E-state index contributed by atoms with van der Waals surface area (Å²) >= 11 is 0. The van der Waals surface area contributed by atoms with E-state index in [2.05, 4.69) is 27.0 Å². The predicted molar refractivity (Wildman–Crippen MR) is 131 cm³/mol. The first-order valence-corrected chi connectivity index (χ1v) is 12.9. The molecule has 37 heavy (non-hydrogen) atoms. The Hall–Kier alpha value is -3.87. The number of methoxy groups -OCH3 is 1. The van der Waals surface area contributed by atoms with Gasteiger partial charge in [0.1, 0.15) is 23.0 Å². The summed E-state index contributed by atoms with van der Waals surface area (Å²) in [6, 6.07) is 8.66. The summed E-state index contributed by atoms with van der Waals surface area (Å²) in [5.41, 5.74) is -0.193. The molecule has 2 aromatic rings. The third-order valence-electron chi connectivity index (χ3n) is 8.77. The topological polar surface area (TPSA) is 153 Å². The van der Waals surface area contributed by atoms with Crippen molar-refractivity contribution in [1.29, 1.82) is 5.26 Å². The fourth-order valence-corrected chi connectivity index (χ4v) is 6.84. The number of hydrogen-bond donors (Lipinski definition) is 4. The molecule has 1 aromatic heterocycles. The van der Waals surface area contributed by atoms with Gasteiger partial charge < -0.3 is 20.4 Å². The highest BCUT2D eigenvalue weighted by Gasteiger charge is 2.64. The summed E-state index contributed by atoms with van der Waals surface area (Å²) < 4.78 is 5.38. The van der Waals surface area contributed by atoms with Crippen LogP contribution in [0.25, 0.3) is 10.9 Å². The summed E-state index contributed by atoms with van der Waals surface area (Å²) in [4.78, 5) is 54.9. The Morgan fingerprint density at radius 2 is 1.97 bits per heavy atom. The van der Waals surface area contributed by atoms with Crippen molar-refractivity contribution in [2.45, 2.75) is 50.1 Å². The number of fused-ring (bicyclic) bond motifs is 3. The number of aromatic nitrogens is 1. The number of benzene rings is 1. The van der Waals surface area contributed by atoms with E-state index in [0.29, 0.717) is 36.6 Å². The largest absolute Gasteiger partial charge is 0.496 e. The standard InChI is InChI=1S/C27H29N5O5/c1-37-20-4-2-3-17-15(20)10-19(29-17)23(33)30-18(9-13-5-6-13)24(34)32-27(12-28)11-14-7-8-16(27)22-21(14)25(35)31-26(22)36/h2-4,10,13-14,16,18,21-22,29H,5-9,11H2,1H3,(H,30,33)(H,32,34)(H,31,35,36)/t14-,16+,18+,21+,22-,27-/m1/s1. The minimum absolute atomic E-state index is 0.140. The molecule has 10 nitrogen and oxygen atoms in total. The molecule has 5 aliphatic rings. The molecule has 2 heterocycles. The van der Waals surface area contributed by atoms with Crippen molar-refractivity contribution in [1.82, 2.24) is 20.9 Å². The molecule has 1 aliphatic heterocycles. The number of H-pyrrole nitrogens is 1. The van der Waals surface area contributed by atoms with Crippen molar-refractivity contribution < 1.29 is 23.9 Å². The highest BCUT2D eigenvalue weighted by molar-refractivity contribution is 6.06. The maximum Gasteiger partial charge on any atom is 0.268 e. The molecule has 10 heteroatoms. The van der Waals surface area contributed by atoms with E-state index < -0.39 is 41.1 Å². The van der Waals surface area contributed by atoms with Crippen LogP contribution in [0.3, 0.4) is 0 Å². The molecule has 2 bridgehead atoms. The molecule has 6 atom stereocenters. The molecule has 1 aromatic carbocycles. The van der Waals surface area contributed by atoms with E-state index in [1.54, 1.807) is 13.2 Å². The Bertz CT molecular complexity index is 1360. The lowest BCUT2D eigenvalue weighted by Gasteiger charge is -2.52. The molecule has 4 aliphatic carbocycles. The van der Waals surface area contributed by atoms with Gasteiger partial charge in [0.25, 0.3) is 5.91 Å². The molecule has 4 saturated carbocycles.